The Hall–Kier alpha value is -1.53. The molecule has 0 aliphatic rings. The Morgan fingerprint density at radius 1 is 1.44 bits per heavy atom. The zero-order valence-corrected chi connectivity index (χ0v) is 11.3. The zero-order chi connectivity index (χ0) is 13.0. The molecular weight excluding hydrogens is 248 g/mol. The van der Waals surface area contributed by atoms with Gasteiger partial charge in [0.2, 0.25) is 0 Å². The number of nitrogens with one attached hydrogen (secondary N) is 1. The first-order valence-electron chi connectivity index (χ1n) is 5.85. The van der Waals surface area contributed by atoms with Crippen molar-refractivity contribution in [3.63, 3.8) is 0 Å². The lowest BCUT2D eigenvalue weighted by Crippen LogP contribution is -2.13. The molecule has 0 aliphatic heterocycles. The van der Waals surface area contributed by atoms with Crippen molar-refractivity contribution in [2.75, 3.05) is 13.6 Å². The molecule has 2 heterocycles. The largest absolute Gasteiger partial charge is 0.320 e. The average molecular weight is 264 g/mol. The lowest BCUT2D eigenvalue weighted by molar-refractivity contribution is 0.718. The second-order valence-corrected chi connectivity index (χ2v) is 5.13. The molecule has 0 radical (unpaired) electrons. The van der Waals surface area contributed by atoms with Crippen LogP contribution in [0.1, 0.15) is 11.4 Å². The van der Waals surface area contributed by atoms with Crippen molar-refractivity contribution in [2.24, 2.45) is 7.05 Å². The number of pyridine rings is 1. The van der Waals surface area contributed by atoms with Crippen molar-refractivity contribution >= 4 is 11.3 Å². The van der Waals surface area contributed by atoms with Crippen LogP contribution in [0.4, 0.5) is 0 Å². The maximum Gasteiger partial charge on any atom is 0.250 e. The molecule has 0 spiro atoms. The van der Waals surface area contributed by atoms with Gasteiger partial charge in [-0.15, -0.1) is 10.2 Å². The molecule has 2 aromatic rings. The molecule has 0 bridgehead atoms. The summed E-state index contributed by atoms with van der Waals surface area (Å²) in [7, 11) is 3.67. The quantitative estimate of drug-likeness (QED) is 0.820. The highest BCUT2D eigenvalue weighted by Gasteiger charge is 2.07. The summed E-state index contributed by atoms with van der Waals surface area (Å²) in [6.07, 6.45) is 3.71. The van der Waals surface area contributed by atoms with Crippen molar-refractivity contribution in [1.82, 2.24) is 20.1 Å². The summed E-state index contributed by atoms with van der Waals surface area (Å²) in [5, 5.41) is 13.2. The Morgan fingerprint density at radius 3 is 3.00 bits per heavy atom. The van der Waals surface area contributed by atoms with E-state index in [1.807, 2.05) is 13.1 Å². The molecule has 2 rings (SSSR count). The first-order chi connectivity index (χ1) is 8.70. The molecule has 0 amide bonds. The maximum atomic E-state index is 11.5. The predicted molar refractivity (Wildman–Crippen MR) is 72.8 cm³/mol. The van der Waals surface area contributed by atoms with Gasteiger partial charge in [0, 0.05) is 31.3 Å². The lowest BCUT2D eigenvalue weighted by Gasteiger charge is -1.97. The van der Waals surface area contributed by atoms with E-state index in [0.29, 0.717) is 0 Å². The third kappa shape index (κ3) is 3.02. The van der Waals surface area contributed by atoms with Crippen LogP contribution in [-0.4, -0.2) is 28.4 Å². The molecule has 0 aromatic carbocycles. The summed E-state index contributed by atoms with van der Waals surface area (Å²) in [5.41, 5.74) is 0.815. The van der Waals surface area contributed by atoms with Crippen LogP contribution in [0.15, 0.2) is 23.1 Å². The van der Waals surface area contributed by atoms with Gasteiger partial charge in [0.1, 0.15) is 10.0 Å². The highest BCUT2D eigenvalue weighted by molar-refractivity contribution is 7.14. The molecule has 0 unspecified atom stereocenters. The summed E-state index contributed by atoms with van der Waals surface area (Å²) in [5.74, 6) is 0. The Morgan fingerprint density at radius 2 is 2.28 bits per heavy atom. The van der Waals surface area contributed by atoms with Crippen LogP contribution < -0.4 is 10.9 Å². The highest BCUT2D eigenvalue weighted by Crippen LogP contribution is 2.22. The van der Waals surface area contributed by atoms with E-state index in [0.717, 1.165) is 35.0 Å². The predicted octanol–water partition coefficient (Wildman–Crippen LogP) is 1.06. The molecule has 0 saturated heterocycles. The molecule has 5 nitrogen and oxygen atoms in total. The Labute approximate surface area is 110 Å². The van der Waals surface area contributed by atoms with Crippen LogP contribution >= 0.6 is 11.3 Å². The van der Waals surface area contributed by atoms with E-state index in [2.05, 4.69) is 15.5 Å². The molecule has 6 heteroatoms. The van der Waals surface area contributed by atoms with Crippen LogP contribution in [0.25, 0.3) is 10.6 Å². The minimum atomic E-state index is -0.0283. The first-order valence-corrected chi connectivity index (χ1v) is 6.66. The van der Waals surface area contributed by atoms with Gasteiger partial charge in [0.25, 0.3) is 5.56 Å². The number of aryl methyl sites for hydroxylation is 2. The monoisotopic (exact) mass is 264 g/mol. The van der Waals surface area contributed by atoms with Crippen LogP contribution in [0.2, 0.25) is 0 Å². The molecule has 0 saturated carbocycles. The molecular formula is C12H16N4OS. The van der Waals surface area contributed by atoms with E-state index in [1.165, 1.54) is 0 Å². The molecule has 2 aromatic heterocycles. The van der Waals surface area contributed by atoms with Gasteiger partial charge in [-0.25, -0.2) is 0 Å². The van der Waals surface area contributed by atoms with Crippen LogP contribution in [-0.2, 0) is 13.5 Å². The van der Waals surface area contributed by atoms with Gasteiger partial charge in [-0.2, -0.15) is 0 Å². The summed E-state index contributed by atoms with van der Waals surface area (Å²) in [4.78, 5) is 11.5. The summed E-state index contributed by atoms with van der Waals surface area (Å²) >= 11 is 1.55. The maximum absolute atomic E-state index is 11.5. The number of hydrogen-bond acceptors (Lipinski definition) is 5. The molecule has 96 valence electrons. The second-order valence-electron chi connectivity index (χ2n) is 4.07. The van der Waals surface area contributed by atoms with Crippen LogP contribution in [0.3, 0.4) is 0 Å². The summed E-state index contributed by atoms with van der Waals surface area (Å²) < 4.78 is 1.54. The molecule has 0 aliphatic carbocycles. The van der Waals surface area contributed by atoms with Gasteiger partial charge in [0.15, 0.2) is 0 Å². The van der Waals surface area contributed by atoms with Gasteiger partial charge >= 0.3 is 0 Å². The van der Waals surface area contributed by atoms with Crippen molar-refractivity contribution in [3.05, 3.63) is 33.7 Å². The normalized spacial score (nSPS) is 10.8. The smallest absolute Gasteiger partial charge is 0.250 e. The Bertz CT molecular complexity index is 575. The third-order valence-corrected chi connectivity index (χ3v) is 3.67. The number of hydrogen-bond donors (Lipinski definition) is 1. The molecule has 18 heavy (non-hydrogen) atoms. The zero-order valence-electron chi connectivity index (χ0n) is 10.5. The van der Waals surface area contributed by atoms with Crippen molar-refractivity contribution in [2.45, 2.75) is 12.8 Å². The van der Waals surface area contributed by atoms with E-state index in [9.17, 15) is 4.79 Å². The van der Waals surface area contributed by atoms with Crippen LogP contribution in [0, 0.1) is 0 Å². The first kappa shape index (κ1) is 12.9. The minimum Gasteiger partial charge on any atom is -0.320 e. The molecule has 0 fully saturated rings. The van der Waals surface area contributed by atoms with E-state index in [4.69, 9.17) is 0 Å². The molecule has 0 atom stereocenters. The average Bonchev–Trinajstić information content (AvgIpc) is 2.82. The third-order valence-electron chi connectivity index (χ3n) is 2.64. The summed E-state index contributed by atoms with van der Waals surface area (Å²) in [6, 6.07) is 3.48. The van der Waals surface area contributed by atoms with E-state index < -0.39 is 0 Å². The minimum absolute atomic E-state index is 0.0283. The van der Waals surface area contributed by atoms with Crippen molar-refractivity contribution in [3.8, 4) is 10.6 Å². The lowest BCUT2D eigenvalue weighted by atomic mass is 10.3. The van der Waals surface area contributed by atoms with Gasteiger partial charge in [-0.05, 0) is 26.1 Å². The highest BCUT2D eigenvalue weighted by atomic mass is 32.1. The topological polar surface area (TPSA) is 59.8 Å². The van der Waals surface area contributed by atoms with E-state index >= 15 is 0 Å². The Balaban J connectivity index is 2.13. The van der Waals surface area contributed by atoms with E-state index in [-0.39, 0.29) is 5.56 Å². The SMILES string of the molecule is CNCCCc1nnc(-c2ccn(C)c(=O)c2)s1. The van der Waals surface area contributed by atoms with Gasteiger partial charge in [-0.1, -0.05) is 11.3 Å². The molecule has 1 N–H and O–H groups in total. The standard InChI is InChI=1S/C12H16N4OS/c1-13-6-3-4-10-14-15-12(18-10)9-5-7-16(2)11(17)8-9/h5,7-8,13H,3-4,6H2,1-2H3. The number of nitrogens with zero attached hydrogens (tertiary/aromatic N) is 3. The fourth-order valence-corrected chi connectivity index (χ4v) is 2.45. The number of aromatic nitrogens is 3. The van der Waals surface area contributed by atoms with Gasteiger partial charge in [0.05, 0.1) is 0 Å². The number of rotatable bonds is 5. The summed E-state index contributed by atoms with van der Waals surface area (Å²) in [6.45, 7) is 0.973. The van der Waals surface area contributed by atoms with Gasteiger partial charge < -0.3 is 9.88 Å². The van der Waals surface area contributed by atoms with Crippen LogP contribution in [0.5, 0.6) is 0 Å². The fraction of sp³-hybridized carbons (Fsp3) is 0.417. The van der Waals surface area contributed by atoms with E-state index in [1.54, 1.807) is 35.2 Å². The van der Waals surface area contributed by atoms with Crippen molar-refractivity contribution in [1.29, 1.82) is 0 Å². The van der Waals surface area contributed by atoms with Crippen molar-refractivity contribution < 1.29 is 0 Å². The fourth-order valence-electron chi connectivity index (χ4n) is 1.57. The van der Waals surface area contributed by atoms with Gasteiger partial charge in [-0.3, -0.25) is 4.79 Å². The Kier molecular flexibility index (Phi) is 4.22. The second kappa shape index (κ2) is 5.88.